The number of benzene rings is 1. The molecule has 0 aliphatic heterocycles. The Hall–Kier alpha value is -1.51. The highest BCUT2D eigenvalue weighted by atomic mass is 16.2. The molecule has 0 heterocycles. The standard InChI is InChI=1S/C11H16N2O/c1-2-10(13-11(12)14)8-9-6-4-3-5-7-9/h3-7,10H,2,8H2,1H3,(H3,12,13,14)/t10-/m0/s1. The number of rotatable bonds is 4. The van der Waals surface area contributed by atoms with Gasteiger partial charge in [0.05, 0.1) is 0 Å². The zero-order chi connectivity index (χ0) is 10.4. The van der Waals surface area contributed by atoms with E-state index in [0.29, 0.717) is 0 Å². The van der Waals surface area contributed by atoms with Gasteiger partial charge in [-0.1, -0.05) is 37.3 Å². The lowest BCUT2D eigenvalue weighted by Crippen LogP contribution is -2.39. The van der Waals surface area contributed by atoms with Gasteiger partial charge >= 0.3 is 6.03 Å². The van der Waals surface area contributed by atoms with Crippen molar-refractivity contribution in [1.29, 1.82) is 0 Å². The second-order valence-corrected chi connectivity index (χ2v) is 3.30. The lowest BCUT2D eigenvalue weighted by molar-refractivity contribution is 0.244. The molecule has 0 spiro atoms. The summed E-state index contributed by atoms with van der Waals surface area (Å²) in [5.74, 6) is 0. The highest BCUT2D eigenvalue weighted by Crippen LogP contribution is 2.05. The van der Waals surface area contributed by atoms with Gasteiger partial charge in [0, 0.05) is 6.04 Å². The molecule has 1 aromatic carbocycles. The maximum absolute atomic E-state index is 10.7. The molecule has 0 saturated carbocycles. The Balaban J connectivity index is 2.53. The fraction of sp³-hybridized carbons (Fsp3) is 0.364. The molecule has 0 aromatic heterocycles. The first-order valence-electron chi connectivity index (χ1n) is 4.82. The average molecular weight is 192 g/mol. The van der Waals surface area contributed by atoms with E-state index in [-0.39, 0.29) is 6.04 Å². The van der Waals surface area contributed by atoms with E-state index < -0.39 is 6.03 Å². The highest BCUT2D eigenvalue weighted by molar-refractivity contribution is 5.71. The molecule has 3 nitrogen and oxygen atoms in total. The maximum Gasteiger partial charge on any atom is 0.312 e. The molecule has 0 saturated heterocycles. The monoisotopic (exact) mass is 192 g/mol. The van der Waals surface area contributed by atoms with Crippen LogP contribution in [0.1, 0.15) is 18.9 Å². The van der Waals surface area contributed by atoms with Crippen molar-refractivity contribution < 1.29 is 4.79 Å². The first-order valence-corrected chi connectivity index (χ1v) is 4.82. The Bertz CT molecular complexity index is 285. The largest absolute Gasteiger partial charge is 0.352 e. The summed E-state index contributed by atoms with van der Waals surface area (Å²) in [6, 6.07) is 9.74. The fourth-order valence-corrected chi connectivity index (χ4v) is 1.40. The summed E-state index contributed by atoms with van der Waals surface area (Å²) >= 11 is 0. The van der Waals surface area contributed by atoms with E-state index in [4.69, 9.17) is 5.73 Å². The van der Waals surface area contributed by atoms with Gasteiger partial charge in [-0.2, -0.15) is 0 Å². The van der Waals surface area contributed by atoms with E-state index in [1.165, 1.54) is 5.56 Å². The molecular formula is C11H16N2O. The lowest BCUT2D eigenvalue weighted by atomic mass is 10.0. The van der Waals surface area contributed by atoms with Crippen molar-refractivity contribution in [3.8, 4) is 0 Å². The molecule has 0 aliphatic carbocycles. The van der Waals surface area contributed by atoms with Crippen LogP contribution in [0, 0.1) is 0 Å². The van der Waals surface area contributed by atoms with E-state index in [1.54, 1.807) is 0 Å². The van der Waals surface area contributed by atoms with E-state index in [2.05, 4.69) is 5.32 Å². The van der Waals surface area contributed by atoms with Crippen LogP contribution in [0.15, 0.2) is 30.3 Å². The summed E-state index contributed by atoms with van der Waals surface area (Å²) in [6.07, 6.45) is 1.72. The predicted octanol–water partition coefficient (Wildman–Crippen LogP) is 1.68. The molecule has 1 rings (SSSR count). The van der Waals surface area contributed by atoms with Gasteiger partial charge in [-0.3, -0.25) is 0 Å². The molecule has 3 N–H and O–H groups in total. The summed E-state index contributed by atoms with van der Waals surface area (Å²) in [4.78, 5) is 10.7. The predicted molar refractivity (Wildman–Crippen MR) is 56.9 cm³/mol. The fourth-order valence-electron chi connectivity index (χ4n) is 1.40. The van der Waals surface area contributed by atoms with Crippen LogP contribution in [-0.4, -0.2) is 12.1 Å². The van der Waals surface area contributed by atoms with Crippen LogP contribution in [-0.2, 0) is 6.42 Å². The van der Waals surface area contributed by atoms with Gasteiger partial charge < -0.3 is 11.1 Å². The number of carbonyl (C=O) groups is 1. The van der Waals surface area contributed by atoms with Gasteiger partial charge in [-0.15, -0.1) is 0 Å². The van der Waals surface area contributed by atoms with Crippen molar-refractivity contribution >= 4 is 6.03 Å². The summed E-state index contributed by atoms with van der Waals surface area (Å²) in [5, 5.41) is 2.72. The van der Waals surface area contributed by atoms with E-state index in [0.717, 1.165) is 12.8 Å². The Kier molecular flexibility index (Phi) is 3.98. The summed E-state index contributed by atoms with van der Waals surface area (Å²) in [6.45, 7) is 2.03. The number of nitrogens with two attached hydrogens (primary N) is 1. The third kappa shape index (κ3) is 3.47. The third-order valence-corrected chi connectivity index (χ3v) is 2.16. The molecule has 76 valence electrons. The Morgan fingerprint density at radius 1 is 1.43 bits per heavy atom. The zero-order valence-corrected chi connectivity index (χ0v) is 8.36. The first kappa shape index (κ1) is 10.6. The van der Waals surface area contributed by atoms with E-state index in [1.807, 2.05) is 37.3 Å². The lowest BCUT2D eigenvalue weighted by Gasteiger charge is -2.15. The van der Waals surface area contributed by atoms with Gasteiger partial charge in [0.15, 0.2) is 0 Å². The summed E-state index contributed by atoms with van der Waals surface area (Å²) < 4.78 is 0. The van der Waals surface area contributed by atoms with Crippen LogP contribution in [0.4, 0.5) is 4.79 Å². The van der Waals surface area contributed by atoms with Gasteiger partial charge in [-0.25, -0.2) is 4.79 Å². The number of primary amides is 1. The SMILES string of the molecule is CC[C@@H](Cc1ccccc1)NC(N)=O. The molecule has 0 fully saturated rings. The maximum atomic E-state index is 10.7. The Morgan fingerprint density at radius 2 is 2.07 bits per heavy atom. The molecule has 0 aliphatic rings. The molecule has 1 aromatic rings. The molecule has 0 radical (unpaired) electrons. The first-order chi connectivity index (χ1) is 6.72. The van der Waals surface area contributed by atoms with Crippen molar-refractivity contribution in [3.05, 3.63) is 35.9 Å². The molecule has 2 amide bonds. The van der Waals surface area contributed by atoms with Crippen LogP contribution < -0.4 is 11.1 Å². The quantitative estimate of drug-likeness (QED) is 0.749. The molecule has 0 unspecified atom stereocenters. The number of carbonyl (C=O) groups excluding carboxylic acids is 1. The minimum absolute atomic E-state index is 0.134. The summed E-state index contributed by atoms with van der Waals surface area (Å²) in [5.41, 5.74) is 6.29. The van der Waals surface area contributed by atoms with E-state index in [9.17, 15) is 4.79 Å². The summed E-state index contributed by atoms with van der Waals surface area (Å²) in [7, 11) is 0. The number of hydrogen-bond acceptors (Lipinski definition) is 1. The van der Waals surface area contributed by atoms with E-state index >= 15 is 0 Å². The number of hydrogen-bond donors (Lipinski definition) is 2. The minimum Gasteiger partial charge on any atom is -0.352 e. The smallest absolute Gasteiger partial charge is 0.312 e. The van der Waals surface area contributed by atoms with Gasteiger partial charge in [0.25, 0.3) is 0 Å². The Labute approximate surface area is 84.3 Å². The van der Waals surface area contributed by atoms with Crippen molar-refractivity contribution in [1.82, 2.24) is 5.32 Å². The number of nitrogens with one attached hydrogen (secondary N) is 1. The van der Waals surface area contributed by atoms with Crippen molar-refractivity contribution in [2.75, 3.05) is 0 Å². The van der Waals surface area contributed by atoms with Crippen LogP contribution in [0.2, 0.25) is 0 Å². The minimum atomic E-state index is -0.451. The molecule has 0 bridgehead atoms. The molecule has 3 heteroatoms. The zero-order valence-electron chi connectivity index (χ0n) is 8.36. The normalized spacial score (nSPS) is 12.1. The topological polar surface area (TPSA) is 55.1 Å². The van der Waals surface area contributed by atoms with Crippen molar-refractivity contribution in [2.24, 2.45) is 5.73 Å². The third-order valence-electron chi connectivity index (χ3n) is 2.16. The highest BCUT2D eigenvalue weighted by Gasteiger charge is 2.07. The van der Waals surface area contributed by atoms with Crippen molar-refractivity contribution in [3.63, 3.8) is 0 Å². The van der Waals surface area contributed by atoms with Crippen LogP contribution in [0.25, 0.3) is 0 Å². The van der Waals surface area contributed by atoms with Gasteiger partial charge in [-0.05, 0) is 18.4 Å². The van der Waals surface area contributed by atoms with Crippen LogP contribution in [0.5, 0.6) is 0 Å². The van der Waals surface area contributed by atoms with Crippen LogP contribution in [0.3, 0.4) is 0 Å². The van der Waals surface area contributed by atoms with Gasteiger partial charge in [0.1, 0.15) is 0 Å². The molecule has 14 heavy (non-hydrogen) atoms. The van der Waals surface area contributed by atoms with Gasteiger partial charge in [0.2, 0.25) is 0 Å². The second kappa shape index (κ2) is 5.27. The molecular weight excluding hydrogens is 176 g/mol. The van der Waals surface area contributed by atoms with Crippen molar-refractivity contribution in [2.45, 2.75) is 25.8 Å². The van der Waals surface area contributed by atoms with Crippen LogP contribution >= 0.6 is 0 Å². The number of urea groups is 1. The number of amides is 2. The Morgan fingerprint density at radius 3 is 2.57 bits per heavy atom. The molecule has 1 atom stereocenters. The second-order valence-electron chi connectivity index (χ2n) is 3.30. The average Bonchev–Trinajstić information content (AvgIpc) is 2.17.